The van der Waals surface area contributed by atoms with Crippen LogP contribution in [0.25, 0.3) is 0 Å². The molecule has 0 aliphatic carbocycles. The monoisotopic (exact) mass is 354 g/mol. The fraction of sp³-hybridized carbons (Fsp3) is 0.938. The van der Waals surface area contributed by atoms with Crippen LogP contribution in [0.15, 0.2) is 4.99 Å². The van der Waals surface area contributed by atoms with Gasteiger partial charge in [-0.15, -0.1) is 0 Å². The van der Waals surface area contributed by atoms with Crippen molar-refractivity contribution in [2.75, 3.05) is 46.4 Å². The van der Waals surface area contributed by atoms with E-state index in [-0.39, 0.29) is 6.61 Å². The van der Waals surface area contributed by atoms with Gasteiger partial charge in [0.2, 0.25) is 0 Å². The van der Waals surface area contributed by atoms with Crippen LogP contribution in [0.5, 0.6) is 0 Å². The molecular weight excluding hydrogens is 321 g/mol. The predicted octanol–water partition coefficient (Wildman–Crippen LogP) is 2.22. The number of hydrogen-bond donors (Lipinski definition) is 3. The molecule has 24 heavy (non-hydrogen) atoms. The normalized spacial score (nSPS) is 14.1. The van der Waals surface area contributed by atoms with Crippen molar-refractivity contribution >= 4 is 5.96 Å². The Morgan fingerprint density at radius 1 is 1.21 bits per heavy atom. The van der Waals surface area contributed by atoms with E-state index in [9.17, 15) is 13.2 Å². The minimum atomic E-state index is -4.15. The second-order valence-corrected chi connectivity index (χ2v) is 6.02. The van der Waals surface area contributed by atoms with E-state index in [2.05, 4.69) is 22.5 Å². The van der Waals surface area contributed by atoms with Crippen molar-refractivity contribution in [2.45, 2.75) is 45.7 Å². The molecule has 0 saturated carbocycles. The number of guanidine groups is 1. The maximum absolute atomic E-state index is 12.2. The summed E-state index contributed by atoms with van der Waals surface area (Å²) in [7, 11) is 1.47. The second kappa shape index (κ2) is 13.3. The van der Waals surface area contributed by atoms with E-state index in [1.165, 1.54) is 11.9 Å². The van der Waals surface area contributed by atoms with Gasteiger partial charge in [0.1, 0.15) is 0 Å². The largest absolute Gasteiger partial charge is 0.401 e. The van der Waals surface area contributed by atoms with Crippen LogP contribution in [0.4, 0.5) is 13.2 Å². The van der Waals surface area contributed by atoms with Gasteiger partial charge in [0.05, 0.1) is 6.54 Å². The van der Waals surface area contributed by atoms with E-state index in [0.717, 1.165) is 25.8 Å². The average molecular weight is 354 g/mol. The van der Waals surface area contributed by atoms with Crippen molar-refractivity contribution < 1.29 is 18.3 Å². The molecule has 1 unspecified atom stereocenters. The lowest BCUT2D eigenvalue weighted by atomic mass is 10.0. The van der Waals surface area contributed by atoms with Crippen molar-refractivity contribution in [3.05, 3.63) is 0 Å². The first-order valence-electron chi connectivity index (χ1n) is 8.70. The fourth-order valence-corrected chi connectivity index (χ4v) is 2.42. The molecule has 0 heterocycles. The van der Waals surface area contributed by atoms with Gasteiger partial charge in [0, 0.05) is 26.2 Å². The Morgan fingerprint density at radius 2 is 1.92 bits per heavy atom. The van der Waals surface area contributed by atoms with Crippen LogP contribution in [-0.2, 0) is 0 Å². The van der Waals surface area contributed by atoms with Crippen molar-refractivity contribution in [3.63, 3.8) is 0 Å². The van der Waals surface area contributed by atoms with Crippen LogP contribution >= 0.6 is 0 Å². The molecule has 1 atom stereocenters. The quantitative estimate of drug-likeness (QED) is 0.286. The van der Waals surface area contributed by atoms with E-state index >= 15 is 0 Å². The number of aliphatic hydroxyl groups excluding tert-OH is 1. The van der Waals surface area contributed by atoms with E-state index < -0.39 is 12.7 Å². The van der Waals surface area contributed by atoms with Crippen LogP contribution < -0.4 is 10.6 Å². The number of aliphatic imine (C=N–C) groups is 1. The summed E-state index contributed by atoms with van der Waals surface area (Å²) in [5.41, 5.74) is 0. The van der Waals surface area contributed by atoms with Gasteiger partial charge in [-0.3, -0.25) is 9.89 Å². The second-order valence-electron chi connectivity index (χ2n) is 6.02. The summed E-state index contributed by atoms with van der Waals surface area (Å²) in [5, 5.41) is 15.4. The molecular formula is C16H33F3N4O. The highest BCUT2D eigenvalue weighted by Gasteiger charge is 2.28. The highest BCUT2D eigenvalue weighted by atomic mass is 19.4. The van der Waals surface area contributed by atoms with Crippen molar-refractivity contribution in [2.24, 2.45) is 10.9 Å². The summed E-state index contributed by atoms with van der Waals surface area (Å²) >= 11 is 0. The Hall–Kier alpha value is -1.02. The maximum atomic E-state index is 12.2. The van der Waals surface area contributed by atoms with Crippen LogP contribution in [0.3, 0.4) is 0 Å². The van der Waals surface area contributed by atoms with Gasteiger partial charge in [0.15, 0.2) is 5.96 Å². The van der Waals surface area contributed by atoms with Crippen LogP contribution in [0.1, 0.15) is 39.5 Å². The standard InChI is InChI=1S/C16H33F3N4O/c1-4-7-14(8-11-24)12-22-15(20-5-2)21-9-6-10-23(3)13-16(17,18)19/h14,24H,4-13H2,1-3H3,(H2,20,21,22). The fourth-order valence-electron chi connectivity index (χ4n) is 2.42. The van der Waals surface area contributed by atoms with E-state index in [1.54, 1.807) is 0 Å². The minimum absolute atomic E-state index is 0.162. The summed E-state index contributed by atoms with van der Waals surface area (Å²) in [6.07, 6.45) is -0.744. The Labute approximate surface area is 143 Å². The Morgan fingerprint density at radius 3 is 2.46 bits per heavy atom. The topological polar surface area (TPSA) is 59.9 Å². The van der Waals surface area contributed by atoms with Gasteiger partial charge in [-0.05, 0) is 45.7 Å². The number of rotatable bonds is 12. The number of aliphatic hydroxyl groups is 1. The smallest absolute Gasteiger partial charge is 0.396 e. The molecule has 144 valence electrons. The Balaban J connectivity index is 4.20. The van der Waals surface area contributed by atoms with Crippen LogP contribution in [0.2, 0.25) is 0 Å². The zero-order valence-electron chi connectivity index (χ0n) is 15.1. The third kappa shape index (κ3) is 13.4. The Bertz CT molecular complexity index is 332. The molecule has 0 radical (unpaired) electrons. The van der Waals surface area contributed by atoms with E-state index in [1.807, 2.05) is 6.92 Å². The Kier molecular flexibility index (Phi) is 12.7. The molecule has 0 aliphatic heterocycles. The van der Waals surface area contributed by atoms with E-state index in [4.69, 9.17) is 5.11 Å². The SMILES string of the molecule is CCCC(CCO)CN=C(NCC)NCCCN(C)CC(F)(F)F. The summed E-state index contributed by atoms with van der Waals surface area (Å²) < 4.78 is 36.7. The molecule has 0 fully saturated rings. The van der Waals surface area contributed by atoms with Gasteiger partial charge in [0.25, 0.3) is 0 Å². The lowest BCUT2D eigenvalue weighted by molar-refractivity contribution is -0.143. The zero-order valence-corrected chi connectivity index (χ0v) is 15.1. The van der Waals surface area contributed by atoms with Gasteiger partial charge >= 0.3 is 6.18 Å². The van der Waals surface area contributed by atoms with Gasteiger partial charge in [-0.1, -0.05) is 13.3 Å². The molecule has 0 aromatic heterocycles. The summed E-state index contributed by atoms with van der Waals surface area (Å²) in [6, 6.07) is 0. The summed E-state index contributed by atoms with van der Waals surface area (Å²) in [4.78, 5) is 5.78. The molecule has 8 heteroatoms. The molecule has 3 N–H and O–H groups in total. The highest BCUT2D eigenvalue weighted by molar-refractivity contribution is 5.79. The summed E-state index contributed by atoms with van der Waals surface area (Å²) in [5.74, 6) is 1.03. The van der Waals surface area contributed by atoms with Crippen molar-refractivity contribution in [1.82, 2.24) is 15.5 Å². The number of hydrogen-bond acceptors (Lipinski definition) is 3. The predicted molar refractivity (Wildman–Crippen MR) is 92.3 cm³/mol. The number of halogens is 3. The molecule has 0 rings (SSSR count). The lowest BCUT2D eigenvalue weighted by Gasteiger charge is -2.19. The number of nitrogens with one attached hydrogen (secondary N) is 2. The van der Waals surface area contributed by atoms with Crippen molar-refractivity contribution in [3.8, 4) is 0 Å². The maximum Gasteiger partial charge on any atom is 0.401 e. The van der Waals surface area contributed by atoms with Crippen LogP contribution in [0, 0.1) is 5.92 Å². The first kappa shape index (κ1) is 23.0. The third-order valence-corrected chi connectivity index (χ3v) is 3.54. The average Bonchev–Trinajstić information content (AvgIpc) is 2.47. The first-order chi connectivity index (χ1) is 11.3. The molecule has 0 aromatic rings. The third-order valence-electron chi connectivity index (χ3n) is 3.54. The molecule has 5 nitrogen and oxygen atoms in total. The summed E-state index contributed by atoms with van der Waals surface area (Å²) in [6.45, 7) is 5.63. The molecule has 0 aliphatic rings. The molecule has 0 spiro atoms. The highest BCUT2D eigenvalue weighted by Crippen LogP contribution is 2.15. The van der Waals surface area contributed by atoms with Gasteiger partial charge in [-0.25, -0.2) is 0 Å². The molecule has 0 amide bonds. The van der Waals surface area contributed by atoms with Gasteiger partial charge < -0.3 is 15.7 Å². The number of alkyl halides is 3. The first-order valence-corrected chi connectivity index (χ1v) is 8.70. The van der Waals surface area contributed by atoms with Crippen LogP contribution in [-0.4, -0.2) is 68.5 Å². The number of nitrogens with zero attached hydrogens (tertiary/aromatic N) is 2. The van der Waals surface area contributed by atoms with Gasteiger partial charge in [-0.2, -0.15) is 13.2 Å². The van der Waals surface area contributed by atoms with E-state index in [0.29, 0.717) is 37.9 Å². The molecule has 0 aromatic carbocycles. The zero-order chi connectivity index (χ0) is 18.4. The molecule has 0 bridgehead atoms. The van der Waals surface area contributed by atoms with Crippen molar-refractivity contribution in [1.29, 1.82) is 0 Å². The lowest BCUT2D eigenvalue weighted by Crippen LogP contribution is -2.39. The molecule has 0 saturated heterocycles. The minimum Gasteiger partial charge on any atom is -0.396 e.